The molecule has 2 aliphatic heterocycles. The quantitative estimate of drug-likeness (QED) is 0.274. The maximum atomic E-state index is 13.5. The summed E-state index contributed by atoms with van der Waals surface area (Å²) in [5, 5.41) is 4.16. The molecule has 8 heteroatoms. The van der Waals surface area contributed by atoms with E-state index in [0.717, 1.165) is 62.1 Å². The van der Waals surface area contributed by atoms with Crippen LogP contribution < -0.4 is 0 Å². The second-order valence-corrected chi connectivity index (χ2v) is 11.6. The van der Waals surface area contributed by atoms with Crippen LogP contribution in [0.3, 0.4) is 0 Å². The van der Waals surface area contributed by atoms with Crippen molar-refractivity contribution in [3.8, 4) is 11.4 Å². The first-order valence-electron chi connectivity index (χ1n) is 14.1. The van der Waals surface area contributed by atoms with Gasteiger partial charge in [-0.3, -0.25) is 14.6 Å². The van der Waals surface area contributed by atoms with E-state index in [-0.39, 0.29) is 12.0 Å². The number of likely N-dealkylation sites (tertiary alicyclic amines) is 1. The van der Waals surface area contributed by atoms with Crippen LogP contribution in [-0.4, -0.2) is 70.0 Å². The molecule has 1 aromatic heterocycles. The fourth-order valence-electron chi connectivity index (χ4n) is 5.94. The third-order valence-corrected chi connectivity index (χ3v) is 8.56. The minimum atomic E-state index is 0.0850. The zero-order valence-corrected chi connectivity index (χ0v) is 24.1. The van der Waals surface area contributed by atoms with Crippen molar-refractivity contribution >= 4 is 21.8 Å². The summed E-state index contributed by atoms with van der Waals surface area (Å²) >= 11 is 3.49. The number of hydrogen-bond donors (Lipinski definition) is 0. The normalized spacial score (nSPS) is 17.4. The Morgan fingerprint density at radius 3 is 2.12 bits per heavy atom. The molecule has 0 N–H and O–H groups in total. The van der Waals surface area contributed by atoms with Crippen LogP contribution in [0.25, 0.3) is 11.4 Å². The highest BCUT2D eigenvalue weighted by atomic mass is 79.9. The number of benzene rings is 3. The lowest BCUT2D eigenvalue weighted by Gasteiger charge is -2.41. The van der Waals surface area contributed by atoms with Gasteiger partial charge in [0, 0.05) is 42.1 Å². The molecule has 0 saturated carbocycles. The van der Waals surface area contributed by atoms with Gasteiger partial charge in [-0.1, -0.05) is 93.9 Å². The number of amides is 1. The van der Waals surface area contributed by atoms with Crippen molar-refractivity contribution in [1.29, 1.82) is 0 Å². The van der Waals surface area contributed by atoms with Gasteiger partial charge in [-0.05, 0) is 49.2 Å². The predicted octanol–water partition coefficient (Wildman–Crippen LogP) is 5.64. The smallest absolute Gasteiger partial charge is 0.241 e. The van der Waals surface area contributed by atoms with Gasteiger partial charge in [0.25, 0.3) is 0 Å². The van der Waals surface area contributed by atoms with E-state index in [1.54, 1.807) is 0 Å². The first-order valence-corrected chi connectivity index (χ1v) is 14.9. The highest BCUT2D eigenvalue weighted by Crippen LogP contribution is 2.30. The Kier molecular flexibility index (Phi) is 8.37. The molecular weight excluding hydrogens is 566 g/mol. The molecule has 206 valence electrons. The molecule has 3 heterocycles. The van der Waals surface area contributed by atoms with E-state index in [1.165, 1.54) is 11.1 Å². The van der Waals surface area contributed by atoms with Gasteiger partial charge in [0.05, 0.1) is 12.6 Å². The van der Waals surface area contributed by atoms with Crippen molar-refractivity contribution in [2.24, 2.45) is 5.92 Å². The Morgan fingerprint density at radius 1 is 0.850 bits per heavy atom. The molecule has 1 amide bonds. The van der Waals surface area contributed by atoms with Crippen LogP contribution in [0.2, 0.25) is 0 Å². The first-order chi connectivity index (χ1) is 19.6. The van der Waals surface area contributed by atoms with Gasteiger partial charge in [-0.25, -0.2) is 0 Å². The summed E-state index contributed by atoms with van der Waals surface area (Å²) < 4.78 is 6.51. The lowest BCUT2D eigenvalue weighted by molar-refractivity contribution is -0.139. The molecule has 0 aliphatic carbocycles. The average Bonchev–Trinajstić information content (AvgIpc) is 3.47. The summed E-state index contributed by atoms with van der Waals surface area (Å²) in [4.78, 5) is 25.0. The van der Waals surface area contributed by atoms with Crippen LogP contribution in [0.1, 0.15) is 35.9 Å². The van der Waals surface area contributed by atoms with Crippen LogP contribution >= 0.6 is 15.9 Å². The molecule has 7 nitrogen and oxygen atoms in total. The third-order valence-electron chi connectivity index (χ3n) is 8.07. The average molecular weight is 601 g/mol. The molecule has 0 bridgehead atoms. The summed E-state index contributed by atoms with van der Waals surface area (Å²) in [7, 11) is 0. The summed E-state index contributed by atoms with van der Waals surface area (Å²) in [5.41, 5.74) is 3.52. The summed E-state index contributed by atoms with van der Waals surface area (Å²) in [6.45, 7) is 5.61. The molecule has 40 heavy (non-hydrogen) atoms. The summed E-state index contributed by atoms with van der Waals surface area (Å²) in [6, 6.07) is 29.5. The van der Waals surface area contributed by atoms with E-state index in [4.69, 9.17) is 4.52 Å². The Labute approximate surface area is 243 Å². The van der Waals surface area contributed by atoms with Gasteiger partial charge in [0.1, 0.15) is 0 Å². The number of carbonyl (C=O) groups excluding carboxylic acids is 1. The molecule has 0 unspecified atom stereocenters. The largest absolute Gasteiger partial charge is 0.340 e. The molecule has 6 rings (SSSR count). The second kappa shape index (κ2) is 12.5. The van der Waals surface area contributed by atoms with E-state index in [1.807, 2.05) is 24.3 Å². The Morgan fingerprint density at radius 2 is 1.50 bits per heavy atom. The lowest BCUT2D eigenvalue weighted by Crippen LogP contribution is -2.52. The van der Waals surface area contributed by atoms with Crippen LogP contribution in [0.5, 0.6) is 0 Å². The summed E-state index contributed by atoms with van der Waals surface area (Å²) in [5.74, 6) is 1.61. The number of carbonyl (C=O) groups is 1. The Hall–Kier alpha value is -3.33. The molecule has 0 radical (unpaired) electrons. The van der Waals surface area contributed by atoms with Gasteiger partial charge in [0.15, 0.2) is 0 Å². The van der Waals surface area contributed by atoms with Gasteiger partial charge in [-0.2, -0.15) is 4.98 Å². The molecule has 0 spiro atoms. The van der Waals surface area contributed by atoms with E-state index < -0.39 is 0 Å². The topological polar surface area (TPSA) is 65.7 Å². The van der Waals surface area contributed by atoms with Crippen molar-refractivity contribution in [2.75, 3.05) is 39.3 Å². The Balaban J connectivity index is 1.01. The van der Waals surface area contributed by atoms with Crippen LogP contribution in [0.15, 0.2) is 93.9 Å². The number of hydrogen-bond acceptors (Lipinski definition) is 6. The minimum Gasteiger partial charge on any atom is -0.340 e. The molecule has 2 saturated heterocycles. The zero-order valence-electron chi connectivity index (χ0n) is 22.5. The maximum Gasteiger partial charge on any atom is 0.241 e. The van der Waals surface area contributed by atoms with E-state index in [2.05, 4.69) is 101 Å². The van der Waals surface area contributed by atoms with Crippen LogP contribution in [0.4, 0.5) is 0 Å². The number of nitrogens with zero attached hydrogens (tertiary/aromatic N) is 5. The molecule has 2 fully saturated rings. The van der Waals surface area contributed by atoms with Crippen molar-refractivity contribution in [3.63, 3.8) is 0 Å². The number of piperidine rings is 1. The fraction of sp³-hybridized carbons (Fsp3) is 0.344. The van der Waals surface area contributed by atoms with E-state index >= 15 is 0 Å². The fourth-order valence-corrected chi connectivity index (χ4v) is 6.34. The number of piperazine rings is 1. The van der Waals surface area contributed by atoms with Gasteiger partial charge >= 0.3 is 0 Å². The molecule has 4 aromatic rings. The van der Waals surface area contributed by atoms with Gasteiger partial charge in [-0.15, -0.1) is 0 Å². The Bertz CT molecular complexity index is 1360. The second-order valence-electron chi connectivity index (χ2n) is 10.7. The third kappa shape index (κ3) is 6.19. The SMILES string of the molecule is O=C(C1CCN(Cc2nc(-c3cccc(Br)c3)no2)CC1)N1CCN(C(c2ccccc2)c2ccccc2)CC1. The van der Waals surface area contributed by atoms with Gasteiger partial charge < -0.3 is 9.42 Å². The number of rotatable bonds is 7. The molecular formula is C32H34BrN5O2. The highest BCUT2D eigenvalue weighted by Gasteiger charge is 2.33. The van der Waals surface area contributed by atoms with Crippen LogP contribution in [0, 0.1) is 5.92 Å². The maximum absolute atomic E-state index is 13.5. The highest BCUT2D eigenvalue weighted by molar-refractivity contribution is 9.10. The lowest BCUT2D eigenvalue weighted by atomic mass is 9.94. The van der Waals surface area contributed by atoms with Crippen molar-refractivity contribution in [1.82, 2.24) is 24.8 Å². The monoisotopic (exact) mass is 599 g/mol. The van der Waals surface area contributed by atoms with Crippen molar-refractivity contribution < 1.29 is 9.32 Å². The van der Waals surface area contributed by atoms with Crippen molar-refractivity contribution in [3.05, 3.63) is 106 Å². The van der Waals surface area contributed by atoms with Gasteiger partial charge in [0.2, 0.25) is 17.6 Å². The van der Waals surface area contributed by atoms with E-state index in [9.17, 15) is 4.79 Å². The number of halogens is 1. The molecule has 3 aromatic carbocycles. The zero-order chi connectivity index (χ0) is 27.3. The number of aromatic nitrogens is 2. The predicted molar refractivity (Wildman–Crippen MR) is 158 cm³/mol. The molecule has 2 aliphatic rings. The minimum absolute atomic E-state index is 0.0850. The van der Waals surface area contributed by atoms with Crippen LogP contribution in [-0.2, 0) is 11.3 Å². The van der Waals surface area contributed by atoms with Crippen molar-refractivity contribution in [2.45, 2.75) is 25.4 Å². The summed E-state index contributed by atoms with van der Waals surface area (Å²) in [6.07, 6.45) is 1.73. The van der Waals surface area contributed by atoms with E-state index in [0.29, 0.717) is 24.2 Å². The standard InChI is InChI=1S/C32H34BrN5O2/c33-28-13-7-12-27(22-28)31-34-29(40-35-31)23-36-16-14-26(15-17-36)32(39)38-20-18-37(19-21-38)30(24-8-3-1-4-9-24)25-10-5-2-6-11-25/h1-13,22,26,30H,14-21,23H2. The molecule has 0 atom stereocenters. The first kappa shape index (κ1) is 26.9.